The second-order valence-corrected chi connectivity index (χ2v) is 11.6. The molecule has 4 aromatic rings. The number of methoxy groups -OCH3 is 1. The van der Waals surface area contributed by atoms with Gasteiger partial charge in [-0.1, -0.05) is 19.6 Å². The molecule has 0 bridgehead atoms. The molecule has 17 heteroatoms. The molecule has 3 heterocycles. The fourth-order valence-corrected chi connectivity index (χ4v) is 5.07. The molecule has 1 aliphatic rings. The third kappa shape index (κ3) is 8.41. The van der Waals surface area contributed by atoms with Crippen LogP contribution in [0, 0.1) is 6.92 Å². The number of benzene rings is 2. The van der Waals surface area contributed by atoms with E-state index in [0.29, 0.717) is 21.6 Å². The highest BCUT2D eigenvalue weighted by molar-refractivity contribution is 7.44. The monoisotopic (exact) mass is 681 g/mol. The first-order valence-electron chi connectivity index (χ1n) is 13.7. The molecule has 2 N–H and O–H groups in total. The van der Waals surface area contributed by atoms with E-state index in [9.17, 15) is 32.9 Å². The normalized spacial score (nSPS) is 19.9. The lowest BCUT2D eigenvalue weighted by molar-refractivity contribution is -0.223. The summed E-state index contributed by atoms with van der Waals surface area (Å²) in [6, 6.07) is 13.5. The maximum absolute atomic E-state index is 14.6. The summed E-state index contributed by atoms with van der Waals surface area (Å²) in [5, 5.41) is 10.8. The number of aliphatic hydroxyl groups is 1. The number of carbonyl (C=O) groups excluding carboxylic acids is 1. The van der Waals surface area contributed by atoms with Crippen LogP contribution in [0.25, 0.3) is 11.0 Å². The van der Waals surface area contributed by atoms with Gasteiger partial charge in [0.25, 0.3) is 7.82 Å². The zero-order valence-corrected chi connectivity index (χ0v) is 25.2. The zero-order valence-electron chi connectivity index (χ0n) is 24.3. The molecule has 1 fully saturated rings. The third-order valence-electron chi connectivity index (χ3n) is 7.01. The van der Waals surface area contributed by atoms with Crippen molar-refractivity contribution in [3.05, 3.63) is 87.8 Å². The van der Waals surface area contributed by atoms with Crippen molar-refractivity contribution in [2.24, 2.45) is 0 Å². The van der Waals surface area contributed by atoms with Gasteiger partial charge in [0.2, 0.25) is 6.23 Å². The van der Waals surface area contributed by atoms with Crippen LogP contribution < -0.4 is 20.1 Å². The summed E-state index contributed by atoms with van der Waals surface area (Å²) in [6.07, 6.45) is -6.37. The molecule has 0 spiro atoms. The van der Waals surface area contributed by atoms with E-state index in [1.165, 1.54) is 0 Å². The van der Waals surface area contributed by atoms with E-state index in [4.69, 9.17) is 28.3 Å². The Labute approximate surface area is 266 Å². The van der Waals surface area contributed by atoms with Gasteiger partial charge in [-0.05, 0) is 54.4 Å². The Hall–Kier alpha value is -4.18. The maximum Gasteiger partial charge on any atom is 0.350 e. The number of aliphatic hydroxyl groups excluding tert-OH is 1. The quantitative estimate of drug-likeness (QED) is 0.164. The first kappa shape index (κ1) is 35.7. The summed E-state index contributed by atoms with van der Waals surface area (Å²) >= 11 is 0. The predicted octanol–water partition coefficient (Wildman–Crippen LogP) is 3.18. The van der Waals surface area contributed by atoms with Crippen LogP contribution in [-0.4, -0.2) is 57.4 Å². The molecule has 0 radical (unpaired) electrons. The minimum Gasteiger partial charge on any atom is -0.756 e. The average molecular weight is 682 g/mol. The smallest absolute Gasteiger partial charge is 0.350 e. The van der Waals surface area contributed by atoms with Crippen molar-refractivity contribution in [1.29, 1.82) is 0 Å². The van der Waals surface area contributed by atoms with Crippen molar-refractivity contribution < 1.29 is 60.9 Å². The van der Waals surface area contributed by atoms with Gasteiger partial charge in [-0.25, -0.2) is 4.79 Å². The molecule has 47 heavy (non-hydrogen) atoms. The number of rotatable bonds is 12. The Kier molecular flexibility index (Phi) is 10.8. The minimum atomic E-state index is -5.28. The Morgan fingerprint density at radius 1 is 1.15 bits per heavy atom. The third-order valence-corrected chi connectivity index (χ3v) is 7.49. The van der Waals surface area contributed by atoms with Gasteiger partial charge in [-0.2, -0.15) is 13.8 Å². The van der Waals surface area contributed by atoms with Gasteiger partial charge in [0.1, 0.15) is 42.2 Å². The summed E-state index contributed by atoms with van der Waals surface area (Å²) in [5.41, 5.74) is 1.02. The molecule has 254 valence electrons. The summed E-state index contributed by atoms with van der Waals surface area (Å²) in [7, 11) is -3.68. The molecule has 0 saturated carbocycles. The van der Waals surface area contributed by atoms with Crippen LogP contribution in [0.1, 0.15) is 36.2 Å². The van der Waals surface area contributed by atoms with E-state index in [0.717, 1.165) is 34.5 Å². The molecular formula is C30H32F2N2O12P-. The van der Waals surface area contributed by atoms with Crippen molar-refractivity contribution in [3.63, 3.8) is 0 Å². The summed E-state index contributed by atoms with van der Waals surface area (Å²) in [4.78, 5) is 47.9. The molecule has 2 aromatic heterocycles. The maximum atomic E-state index is 14.6. The predicted molar refractivity (Wildman–Crippen MR) is 158 cm³/mol. The highest BCUT2D eigenvalue weighted by Gasteiger charge is 2.59. The number of aryl methyl sites for hydroxylation is 1. The van der Waals surface area contributed by atoms with Crippen LogP contribution in [0.4, 0.5) is 8.78 Å². The molecule has 1 unspecified atom stereocenters. The molecule has 4 atom stereocenters. The van der Waals surface area contributed by atoms with Crippen LogP contribution in [0.3, 0.4) is 0 Å². The molecule has 0 amide bonds. The lowest BCUT2D eigenvalue weighted by Crippen LogP contribution is -2.42. The zero-order chi connectivity index (χ0) is 33.2. The van der Waals surface area contributed by atoms with Crippen molar-refractivity contribution in [3.8, 4) is 11.5 Å². The van der Waals surface area contributed by atoms with Crippen LogP contribution in [0.5, 0.6) is 11.5 Å². The van der Waals surface area contributed by atoms with Crippen molar-refractivity contribution in [2.75, 3.05) is 13.7 Å². The minimum absolute atomic E-state index is 0. The van der Waals surface area contributed by atoms with Crippen molar-refractivity contribution in [1.82, 2.24) is 9.55 Å². The fourth-order valence-electron chi connectivity index (χ4n) is 4.73. The van der Waals surface area contributed by atoms with Crippen molar-refractivity contribution >= 4 is 24.8 Å². The highest BCUT2D eigenvalue weighted by atomic mass is 31.2. The number of furan rings is 1. The molecule has 2 aromatic carbocycles. The molecule has 1 saturated heterocycles. The number of nitrogens with zero attached hydrogens (tertiary/aromatic N) is 2. The first-order valence-corrected chi connectivity index (χ1v) is 15.1. The number of phosphoric ester groups is 1. The molecular weight excluding hydrogens is 649 g/mol. The summed E-state index contributed by atoms with van der Waals surface area (Å²) < 4.78 is 71.6. The number of phosphoric acid groups is 1. The summed E-state index contributed by atoms with van der Waals surface area (Å²) in [6.45, 7) is 0.887. The van der Waals surface area contributed by atoms with Gasteiger partial charge >= 0.3 is 17.6 Å². The Balaban J connectivity index is 0.00000500. The van der Waals surface area contributed by atoms with E-state index in [1.54, 1.807) is 31.4 Å². The van der Waals surface area contributed by atoms with E-state index in [-0.39, 0.29) is 26.3 Å². The van der Waals surface area contributed by atoms with Gasteiger partial charge < -0.3 is 42.8 Å². The Morgan fingerprint density at radius 2 is 1.87 bits per heavy atom. The van der Waals surface area contributed by atoms with E-state index >= 15 is 0 Å². The number of ether oxygens (including phenoxy) is 4. The second-order valence-electron chi connectivity index (χ2n) is 10.4. The van der Waals surface area contributed by atoms with E-state index in [2.05, 4.69) is 9.51 Å². The summed E-state index contributed by atoms with van der Waals surface area (Å²) in [5.74, 6) is -2.89. The lowest BCUT2D eigenvalue weighted by Gasteiger charge is -2.21. The number of hydrogen-bond donors (Lipinski definition) is 2. The lowest BCUT2D eigenvalue weighted by atomic mass is 10.1. The van der Waals surface area contributed by atoms with E-state index in [1.807, 2.05) is 25.1 Å². The van der Waals surface area contributed by atoms with Crippen LogP contribution in [0.15, 0.2) is 63.9 Å². The van der Waals surface area contributed by atoms with Gasteiger partial charge in [-0.15, -0.1) is 0 Å². The van der Waals surface area contributed by atoms with Gasteiger partial charge in [-0.3, -0.25) is 13.9 Å². The average Bonchev–Trinajstić information content (AvgIpc) is 3.52. The van der Waals surface area contributed by atoms with Crippen molar-refractivity contribution in [2.45, 2.75) is 58.3 Å². The van der Waals surface area contributed by atoms with Crippen LogP contribution in [-0.2, 0) is 43.0 Å². The second kappa shape index (κ2) is 14.3. The van der Waals surface area contributed by atoms with E-state index < -0.39 is 56.9 Å². The van der Waals surface area contributed by atoms with Gasteiger partial charge in [0.05, 0.1) is 25.8 Å². The number of aromatic nitrogens is 2. The van der Waals surface area contributed by atoms with Crippen LogP contribution >= 0.6 is 7.82 Å². The molecule has 1 aliphatic heterocycles. The number of fused-ring (bicyclic) bond motifs is 1. The number of esters is 1. The van der Waals surface area contributed by atoms with Gasteiger partial charge in [0.15, 0.2) is 6.10 Å². The number of hydrogen-bond acceptors (Lipinski definition) is 12. The Morgan fingerprint density at radius 3 is 2.53 bits per heavy atom. The number of alkyl halides is 2. The SMILES string of the molecule is C.COc1cc(C)c2oc(COc3ccc(COC(=O)Cc4ccn([C@@H]5O[C@H](COP(=O)([O-])O)[C@@H](O)C5(F)F)c(=O)n4)cc3)cc2c1. The number of halogens is 2. The first-order chi connectivity index (χ1) is 21.7. The Bertz CT molecular complexity index is 1820. The van der Waals surface area contributed by atoms with Crippen LogP contribution in [0.2, 0.25) is 0 Å². The topological polar surface area (TPSA) is 192 Å². The fraction of sp³-hybridized carbons (Fsp3) is 0.367. The molecule has 14 nitrogen and oxygen atoms in total. The largest absolute Gasteiger partial charge is 0.756 e. The molecule has 5 rings (SSSR count). The number of carbonyl (C=O) groups is 1. The molecule has 0 aliphatic carbocycles. The van der Waals surface area contributed by atoms with Gasteiger partial charge in [0, 0.05) is 11.6 Å². The standard InChI is InChI=1S/C29H29F2N2O12P.CH4/c1-16-9-21(40-2)10-18-11-22(44-25(16)18)14-41-20-5-3-17(4-6-20)13-42-24(34)12-19-7-8-33(28(36)32-19)27-29(30,31)26(35)23(45-27)15-43-46(37,38)39;/h3-11,23,26-27,35H,12-15H2,1-2H3,(H2,37,38,39);1H4/p-1/t23-,26-,27-;/m1./s1. The highest BCUT2D eigenvalue weighted by Crippen LogP contribution is 2.43.